The van der Waals surface area contributed by atoms with E-state index in [-0.39, 0.29) is 23.9 Å². The van der Waals surface area contributed by atoms with Crippen molar-refractivity contribution >= 4 is 11.8 Å². The number of ether oxygens (including phenoxy) is 1. The topological polar surface area (TPSA) is 58.6 Å². The smallest absolute Gasteiger partial charge is 0.245 e. The molecular weight excluding hydrogens is 256 g/mol. The van der Waals surface area contributed by atoms with Gasteiger partial charge in [0.1, 0.15) is 6.04 Å². The quantitative estimate of drug-likeness (QED) is 0.722. The lowest BCUT2D eigenvalue weighted by molar-refractivity contribution is -0.135. The Labute approximate surface area is 122 Å². The number of nitrogens with zero attached hydrogens (tertiary/aromatic N) is 1. The number of rotatable bonds is 7. The minimum atomic E-state index is -0.386. The van der Waals surface area contributed by atoms with Crippen LogP contribution in [0.5, 0.6) is 0 Å². The van der Waals surface area contributed by atoms with E-state index in [4.69, 9.17) is 4.74 Å². The van der Waals surface area contributed by atoms with Gasteiger partial charge < -0.3 is 15.0 Å². The van der Waals surface area contributed by atoms with E-state index in [1.54, 1.807) is 4.90 Å². The molecule has 1 N–H and O–H groups in total. The molecule has 2 unspecified atom stereocenters. The van der Waals surface area contributed by atoms with Gasteiger partial charge in [0.15, 0.2) is 0 Å². The van der Waals surface area contributed by atoms with Gasteiger partial charge in [-0.3, -0.25) is 9.59 Å². The highest BCUT2D eigenvalue weighted by Gasteiger charge is 2.32. The molecule has 1 aliphatic rings. The Hall–Kier alpha value is -1.10. The summed E-state index contributed by atoms with van der Waals surface area (Å²) in [6.45, 7) is 9.97. The van der Waals surface area contributed by atoms with Crippen LogP contribution in [0.4, 0.5) is 0 Å². The van der Waals surface area contributed by atoms with Crippen LogP contribution in [0.2, 0.25) is 0 Å². The van der Waals surface area contributed by atoms with Crippen LogP contribution in [0.1, 0.15) is 47.0 Å². The average Bonchev–Trinajstić information content (AvgIpc) is 2.47. The maximum absolute atomic E-state index is 12.4. The zero-order chi connectivity index (χ0) is 15.1. The summed E-state index contributed by atoms with van der Waals surface area (Å²) in [4.78, 5) is 25.8. The van der Waals surface area contributed by atoms with Gasteiger partial charge in [0, 0.05) is 25.6 Å². The maximum Gasteiger partial charge on any atom is 0.245 e. The molecule has 5 heteroatoms. The molecule has 0 radical (unpaired) electrons. The Bertz CT molecular complexity index is 331. The Balaban J connectivity index is 2.48. The van der Waals surface area contributed by atoms with Crippen molar-refractivity contribution in [1.29, 1.82) is 0 Å². The minimum absolute atomic E-state index is 0.0123. The molecule has 0 bridgehead atoms. The molecule has 2 atom stereocenters. The number of amides is 2. The highest BCUT2D eigenvalue weighted by atomic mass is 16.5. The predicted octanol–water partition coefficient (Wildman–Crippen LogP) is 1.56. The second kappa shape index (κ2) is 8.25. The monoisotopic (exact) mass is 284 g/mol. The molecular formula is C15H28N2O3. The van der Waals surface area contributed by atoms with Crippen molar-refractivity contribution in [1.82, 2.24) is 10.2 Å². The van der Waals surface area contributed by atoms with Gasteiger partial charge in [-0.05, 0) is 25.7 Å². The number of hydrogen-bond acceptors (Lipinski definition) is 3. The fraction of sp³-hybridized carbons (Fsp3) is 0.867. The van der Waals surface area contributed by atoms with Gasteiger partial charge in [-0.1, -0.05) is 20.8 Å². The van der Waals surface area contributed by atoms with E-state index in [0.717, 1.165) is 13.0 Å². The van der Waals surface area contributed by atoms with E-state index in [9.17, 15) is 9.59 Å². The third-order valence-electron chi connectivity index (χ3n) is 3.65. The lowest BCUT2D eigenvalue weighted by atomic mass is 10.1. The van der Waals surface area contributed by atoms with E-state index < -0.39 is 0 Å². The molecule has 0 aromatic rings. The van der Waals surface area contributed by atoms with Gasteiger partial charge in [-0.25, -0.2) is 0 Å². The molecule has 20 heavy (non-hydrogen) atoms. The van der Waals surface area contributed by atoms with Crippen molar-refractivity contribution in [3.63, 3.8) is 0 Å². The summed E-state index contributed by atoms with van der Waals surface area (Å²) >= 11 is 0. The standard InChI is InChI=1S/C15H28N2O3/c1-5-13-15(19)17(12(4)10-14(18)16-13)7-9-20-8-6-11(2)3/h11-13H,5-10H2,1-4H3,(H,16,18). The first-order valence-corrected chi connectivity index (χ1v) is 7.63. The zero-order valence-corrected chi connectivity index (χ0v) is 13.1. The first-order valence-electron chi connectivity index (χ1n) is 7.63. The van der Waals surface area contributed by atoms with Gasteiger partial charge in [0.05, 0.1) is 6.61 Å². The molecule has 1 heterocycles. The fourth-order valence-electron chi connectivity index (χ4n) is 2.30. The molecule has 0 aromatic carbocycles. The molecule has 1 saturated heterocycles. The van der Waals surface area contributed by atoms with Crippen LogP contribution in [0.3, 0.4) is 0 Å². The highest BCUT2D eigenvalue weighted by Crippen LogP contribution is 2.13. The van der Waals surface area contributed by atoms with Gasteiger partial charge in [-0.2, -0.15) is 0 Å². The lowest BCUT2D eigenvalue weighted by Gasteiger charge is -2.28. The van der Waals surface area contributed by atoms with Gasteiger partial charge in [0.25, 0.3) is 0 Å². The van der Waals surface area contributed by atoms with E-state index >= 15 is 0 Å². The molecule has 1 fully saturated rings. The number of hydrogen-bond donors (Lipinski definition) is 1. The summed E-state index contributed by atoms with van der Waals surface area (Å²) in [5.74, 6) is 0.597. The van der Waals surface area contributed by atoms with Crippen molar-refractivity contribution in [3.05, 3.63) is 0 Å². The van der Waals surface area contributed by atoms with Crippen LogP contribution in [0.25, 0.3) is 0 Å². The van der Waals surface area contributed by atoms with Crippen LogP contribution >= 0.6 is 0 Å². The summed E-state index contributed by atoms with van der Waals surface area (Å²) in [7, 11) is 0. The SMILES string of the molecule is CCC1NC(=O)CC(C)N(CCOCCC(C)C)C1=O. The maximum atomic E-state index is 12.4. The third kappa shape index (κ3) is 5.12. The van der Waals surface area contributed by atoms with Crippen molar-refractivity contribution in [2.75, 3.05) is 19.8 Å². The fourth-order valence-corrected chi connectivity index (χ4v) is 2.30. The zero-order valence-electron chi connectivity index (χ0n) is 13.1. The van der Waals surface area contributed by atoms with Gasteiger partial charge in [-0.15, -0.1) is 0 Å². The van der Waals surface area contributed by atoms with Crippen LogP contribution in [0.15, 0.2) is 0 Å². The summed E-state index contributed by atoms with van der Waals surface area (Å²) in [5.41, 5.74) is 0. The number of nitrogens with one attached hydrogen (secondary N) is 1. The molecule has 0 saturated carbocycles. The molecule has 0 aliphatic carbocycles. The molecule has 1 aliphatic heterocycles. The summed E-state index contributed by atoms with van der Waals surface area (Å²) < 4.78 is 5.58. The largest absolute Gasteiger partial charge is 0.380 e. The Morgan fingerprint density at radius 3 is 2.65 bits per heavy atom. The number of carbonyl (C=O) groups excluding carboxylic acids is 2. The normalized spacial score (nSPS) is 23.9. The Morgan fingerprint density at radius 1 is 1.35 bits per heavy atom. The highest BCUT2D eigenvalue weighted by molar-refractivity contribution is 5.90. The molecule has 0 spiro atoms. The first kappa shape index (κ1) is 17.0. The van der Waals surface area contributed by atoms with E-state index in [1.807, 2.05) is 13.8 Å². The second-order valence-corrected chi connectivity index (χ2v) is 5.91. The lowest BCUT2D eigenvalue weighted by Crippen LogP contribution is -2.47. The van der Waals surface area contributed by atoms with Crippen LogP contribution in [0, 0.1) is 5.92 Å². The number of carbonyl (C=O) groups is 2. The molecule has 5 nitrogen and oxygen atoms in total. The van der Waals surface area contributed by atoms with Crippen molar-refractivity contribution < 1.29 is 14.3 Å². The summed E-state index contributed by atoms with van der Waals surface area (Å²) in [6, 6.07) is -0.448. The second-order valence-electron chi connectivity index (χ2n) is 5.91. The van der Waals surface area contributed by atoms with Gasteiger partial charge >= 0.3 is 0 Å². The van der Waals surface area contributed by atoms with E-state index in [2.05, 4.69) is 19.2 Å². The molecule has 1 rings (SSSR count). The van der Waals surface area contributed by atoms with Crippen molar-refractivity contribution in [3.8, 4) is 0 Å². The summed E-state index contributed by atoms with van der Waals surface area (Å²) in [6.07, 6.45) is 2.03. The van der Waals surface area contributed by atoms with Crippen molar-refractivity contribution in [2.24, 2.45) is 5.92 Å². The Morgan fingerprint density at radius 2 is 2.05 bits per heavy atom. The van der Waals surface area contributed by atoms with E-state index in [0.29, 0.717) is 31.9 Å². The predicted molar refractivity (Wildman–Crippen MR) is 78.3 cm³/mol. The van der Waals surface area contributed by atoms with Crippen LogP contribution < -0.4 is 5.32 Å². The molecule has 2 amide bonds. The summed E-state index contributed by atoms with van der Waals surface area (Å²) in [5, 5.41) is 2.78. The first-order chi connectivity index (χ1) is 9.45. The third-order valence-corrected chi connectivity index (χ3v) is 3.65. The molecule has 116 valence electrons. The van der Waals surface area contributed by atoms with Crippen LogP contribution in [-0.2, 0) is 14.3 Å². The van der Waals surface area contributed by atoms with Crippen LogP contribution in [-0.4, -0.2) is 48.6 Å². The minimum Gasteiger partial charge on any atom is -0.380 e. The average molecular weight is 284 g/mol. The Kier molecular flexibility index (Phi) is 6.99. The van der Waals surface area contributed by atoms with Crippen molar-refractivity contribution in [2.45, 2.75) is 59.0 Å². The van der Waals surface area contributed by atoms with Gasteiger partial charge in [0.2, 0.25) is 11.8 Å². The molecule has 0 aromatic heterocycles. The van der Waals surface area contributed by atoms with E-state index in [1.165, 1.54) is 0 Å².